The summed E-state index contributed by atoms with van der Waals surface area (Å²) in [5, 5.41) is 3.54. The van der Waals surface area contributed by atoms with E-state index in [1.807, 2.05) is 52.0 Å². The van der Waals surface area contributed by atoms with Crippen LogP contribution < -0.4 is 10.1 Å². The summed E-state index contributed by atoms with van der Waals surface area (Å²) >= 11 is 5.88. The minimum Gasteiger partial charge on any atom is -0.484 e. The van der Waals surface area contributed by atoms with Gasteiger partial charge in [-0.1, -0.05) is 35.9 Å². The van der Waals surface area contributed by atoms with Crippen molar-refractivity contribution >= 4 is 23.4 Å². The van der Waals surface area contributed by atoms with Crippen LogP contribution >= 0.6 is 11.6 Å². The molecular weight excluding hydrogens is 388 g/mol. The number of benzene rings is 2. The number of carbonyl (C=O) groups excluding carboxylic acids is 2. The molecule has 0 saturated heterocycles. The van der Waals surface area contributed by atoms with Gasteiger partial charge in [0.15, 0.2) is 6.61 Å². The largest absolute Gasteiger partial charge is 0.484 e. The molecule has 0 spiro atoms. The fourth-order valence-corrected chi connectivity index (χ4v) is 2.91. The maximum absolute atomic E-state index is 13.0. The van der Waals surface area contributed by atoms with Crippen LogP contribution in [-0.2, 0) is 16.1 Å². The first-order valence-corrected chi connectivity index (χ1v) is 9.99. The summed E-state index contributed by atoms with van der Waals surface area (Å²) in [5.74, 6) is 0.0797. The number of nitrogens with one attached hydrogen (secondary N) is 1. The Morgan fingerprint density at radius 3 is 2.31 bits per heavy atom. The van der Waals surface area contributed by atoms with Gasteiger partial charge in [-0.05, 0) is 70.0 Å². The third kappa shape index (κ3) is 7.09. The molecule has 0 aromatic heterocycles. The first-order chi connectivity index (χ1) is 13.6. The summed E-state index contributed by atoms with van der Waals surface area (Å²) < 4.78 is 5.62. The van der Waals surface area contributed by atoms with E-state index in [1.54, 1.807) is 36.1 Å². The maximum atomic E-state index is 13.0. The topological polar surface area (TPSA) is 58.6 Å². The molecule has 29 heavy (non-hydrogen) atoms. The maximum Gasteiger partial charge on any atom is 0.261 e. The molecule has 0 saturated carbocycles. The average molecular weight is 417 g/mol. The first kappa shape index (κ1) is 22.8. The molecule has 2 amide bonds. The lowest BCUT2D eigenvalue weighted by Crippen LogP contribution is -2.53. The van der Waals surface area contributed by atoms with Gasteiger partial charge in [0.25, 0.3) is 5.91 Å². The number of aryl methyl sites for hydroxylation is 1. The summed E-state index contributed by atoms with van der Waals surface area (Å²) in [6, 6.07) is 14.0. The van der Waals surface area contributed by atoms with Crippen molar-refractivity contribution in [2.75, 3.05) is 6.61 Å². The molecule has 0 heterocycles. The third-order valence-corrected chi connectivity index (χ3v) is 4.70. The quantitative estimate of drug-likeness (QED) is 0.729. The van der Waals surface area contributed by atoms with Gasteiger partial charge in [0.05, 0.1) is 0 Å². The normalized spacial score (nSPS) is 12.2. The molecule has 2 aromatic carbocycles. The van der Waals surface area contributed by atoms with Crippen molar-refractivity contribution in [1.82, 2.24) is 10.2 Å². The number of ether oxygens (including phenoxy) is 1. The Hall–Kier alpha value is -2.53. The SMILES string of the molecule is Cc1ccccc1CN(C(=O)COc1ccc(Cl)cc1)[C@@H](C)C(=O)NC(C)(C)C. The predicted molar refractivity (Wildman–Crippen MR) is 116 cm³/mol. The first-order valence-electron chi connectivity index (χ1n) is 9.61. The van der Waals surface area contributed by atoms with Gasteiger partial charge in [-0.25, -0.2) is 0 Å². The van der Waals surface area contributed by atoms with E-state index in [0.717, 1.165) is 11.1 Å². The number of halogens is 1. The molecule has 0 bridgehead atoms. The molecule has 2 aromatic rings. The highest BCUT2D eigenvalue weighted by Crippen LogP contribution is 2.17. The van der Waals surface area contributed by atoms with Gasteiger partial charge < -0.3 is 15.0 Å². The van der Waals surface area contributed by atoms with Crippen LogP contribution in [0.1, 0.15) is 38.8 Å². The van der Waals surface area contributed by atoms with Gasteiger partial charge in [-0.15, -0.1) is 0 Å². The van der Waals surface area contributed by atoms with Crippen molar-refractivity contribution in [3.05, 3.63) is 64.7 Å². The number of carbonyl (C=O) groups is 2. The van der Waals surface area contributed by atoms with Gasteiger partial charge in [0.2, 0.25) is 5.91 Å². The van der Waals surface area contributed by atoms with Crippen molar-refractivity contribution < 1.29 is 14.3 Å². The van der Waals surface area contributed by atoms with Gasteiger partial charge in [-0.2, -0.15) is 0 Å². The Bertz CT molecular complexity index is 844. The molecule has 1 N–H and O–H groups in total. The van der Waals surface area contributed by atoms with Crippen molar-refractivity contribution in [3.63, 3.8) is 0 Å². The Kier molecular flexibility index (Phi) is 7.68. The summed E-state index contributed by atoms with van der Waals surface area (Å²) in [7, 11) is 0. The minimum absolute atomic E-state index is 0.166. The second-order valence-corrected chi connectivity index (χ2v) is 8.54. The van der Waals surface area contributed by atoms with Gasteiger partial charge in [0.1, 0.15) is 11.8 Å². The number of nitrogens with zero attached hydrogens (tertiary/aromatic N) is 1. The Labute approximate surface area is 178 Å². The van der Waals surface area contributed by atoms with Gasteiger partial charge in [-0.3, -0.25) is 9.59 Å². The summed E-state index contributed by atoms with van der Waals surface area (Å²) in [6.45, 7) is 9.62. The van der Waals surface area contributed by atoms with Crippen LogP contribution in [0.5, 0.6) is 5.75 Å². The van der Waals surface area contributed by atoms with E-state index >= 15 is 0 Å². The van der Waals surface area contributed by atoms with E-state index in [9.17, 15) is 9.59 Å². The molecular formula is C23H29ClN2O3. The van der Waals surface area contributed by atoms with Gasteiger partial charge >= 0.3 is 0 Å². The fourth-order valence-electron chi connectivity index (χ4n) is 2.79. The molecule has 1 atom stereocenters. The number of hydrogen-bond acceptors (Lipinski definition) is 3. The Balaban J connectivity index is 2.18. The van der Waals surface area contributed by atoms with Crippen molar-refractivity contribution in [2.24, 2.45) is 0 Å². The molecule has 0 aliphatic carbocycles. The van der Waals surface area contributed by atoms with Crippen LogP contribution in [0, 0.1) is 6.92 Å². The lowest BCUT2D eigenvalue weighted by atomic mass is 10.1. The molecule has 5 nitrogen and oxygen atoms in total. The highest BCUT2D eigenvalue weighted by Gasteiger charge is 2.28. The average Bonchev–Trinajstić information content (AvgIpc) is 2.65. The standard InChI is InChI=1S/C23H29ClN2O3/c1-16-8-6-7-9-18(16)14-26(17(2)22(28)25-23(3,4)5)21(27)15-29-20-12-10-19(24)11-13-20/h6-13,17H,14-15H2,1-5H3,(H,25,28)/t17-/m0/s1. The Morgan fingerprint density at radius 1 is 1.10 bits per heavy atom. The van der Waals surface area contributed by atoms with Crippen LogP contribution in [0.25, 0.3) is 0 Å². The third-order valence-electron chi connectivity index (χ3n) is 4.44. The van der Waals surface area contributed by atoms with Crippen LogP contribution in [0.3, 0.4) is 0 Å². The highest BCUT2D eigenvalue weighted by molar-refractivity contribution is 6.30. The summed E-state index contributed by atoms with van der Waals surface area (Å²) in [5.41, 5.74) is 1.66. The summed E-state index contributed by atoms with van der Waals surface area (Å²) in [4.78, 5) is 27.3. The number of amides is 2. The zero-order chi connectivity index (χ0) is 21.6. The molecule has 0 aliphatic heterocycles. The number of rotatable bonds is 7. The molecule has 2 rings (SSSR count). The van der Waals surface area contributed by atoms with Crippen LogP contribution in [0.15, 0.2) is 48.5 Å². The monoisotopic (exact) mass is 416 g/mol. The van der Waals surface area contributed by atoms with Crippen molar-refractivity contribution in [1.29, 1.82) is 0 Å². The molecule has 6 heteroatoms. The van der Waals surface area contributed by atoms with Crippen molar-refractivity contribution in [3.8, 4) is 5.75 Å². The lowest BCUT2D eigenvalue weighted by molar-refractivity contribution is -0.142. The smallest absolute Gasteiger partial charge is 0.261 e. The van der Waals surface area contributed by atoms with Crippen LogP contribution in [0.2, 0.25) is 5.02 Å². The Morgan fingerprint density at radius 2 is 1.72 bits per heavy atom. The van der Waals surface area contributed by atoms with Gasteiger partial charge in [0, 0.05) is 17.1 Å². The van der Waals surface area contributed by atoms with E-state index in [-0.39, 0.29) is 24.0 Å². The second-order valence-electron chi connectivity index (χ2n) is 8.11. The molecule has 156 valence electrons. The zero-order valence-corrected chi connectivity index (χ0v) is 18.4. The van der Waals surface area contributed by atoms with Crippen LogP contribution in [-0.4, -0.2) is 34.9 Å². The predicted octanol–water partition coefficient (Wildman–Crippen LogP) is 4.36. The van der Waals surface area contributed by atoms with E-state index in [4.69, 9.17) is 16.3 Å². The van der Waals surface area contributed by atoms with Crippen molar-refractivity contribution in [2.45, 2.75) is 52.7 Å². The second kappa shape index (κ2) is 9.79. The minimum atomic E-state index is -0.643. The van der Waals surface area contributed by atoms with Crippen LogP contribution in [0.4, 0.5) is 0 Å². The number of hydrogen-bond donors (Lipinski definition) is 1. The highest BCUT2D eigenvalue weighted by atomic mass is 35.5. The zero-order valence-electron chi connectivity index (χ0n) is 17.7. The fraction of sp³-hybridized carbons (Fsp3) is 0.391. The lowest BCUT2D eigenvalue weighted by Gasteiger charge is -2.31. The molecule has 0 radical (unpaired) electrons. The molecule has 0 aliphatic rings. The van der Waals surface area contributed by atoms with E-state index in [1.165, 1.54) is 0 Å². The molecule has 0 unspecified atom stereocenters. The van der Waals surface area contributed by atoms with E-state index < -0.39 is 6.04 Å². The van der Waals surface area contributed by atoms with E-state index in [2.05, 4.69) is 5.32 Å². The summed E-state index contributed by atoms with van der Waals surface area (Å²) in [6.07, 6.45) is 0. The molecule has 0 fully saturated rings. The van der Waals surface area contributed by atoms with E-state index in [0.29, 0.717) is 17.3 Å².